The molecule has 26 heavy (non-hydrogen) atoms. The molecule has 0 spiro atoms. The van der Waals surface area contributed by atoms with E-state index in [1.807, 2.05) is 0 Å². The van der Waals surface area contributed by atoms with Crippen molar-refractivity contribution in [2.75, 3.05) is 18.5 Å². The average molecular weight is 397 g/mol. The van der Waals surface area contributed by atoms with Crippen LogP contribution in [0.2, 0.25) is 0 Å². The molecular weight excluding hydrogens is 381 g/mol. The van der Waals surface area contributed by atoms with Crippen molar-refractivity contribution in [3.63, 3.8) is 0 Å². The van der Waals surface area contributed by atoms with E-state index < -0.39 is 21.7 Å². The van der Waals surface area contributed by atoms with Crippen LogP contribution in [0.25, 0.3) is 10.9 Å². The number of nitrogens with two attached hydrogens (primary N) is 1. The molecule has 138 valence electrons. The average Bonchev–Trinajstić information content (AvgIpc) is 3.24. The van der Waals surface area contributed by atoms with E-state index in [1.165, 1.54) is 36.9 Å². The Morgan fingerprint density at radius 3 is 2.69 bits per heavy atom. The zero-order chi connectivity index (χ0) is 19.1. The summed E-state index contributed by atoms with van der Waals surface area (Å²) in [5.74, 6) is -1.37. The molecule has 0 radical (unpaired) electrons. The van der Waals surface area contributed by atoms with E-state index in [2.05, 4.69) is 0 Å². The summed E-state index contributed by atoms with van der Waals surface area (Å²) in [7, 11) is -1.06. The first-order valence-electron chi connectivity index (χ1n) is 7.42. The molecule has 0 aliphatic heterocycles. The number of carbonyl (C=O) groups is 1. The smallest absolute Gasteiger partial charge is 0.273 e. The van der Waals surface area contributed by atoms with Gasteiger partial charge in [0.1, 0.15) is 22.5 Å². The summed E-state index contributed by atoms with van der Waals surface area (Å²) in [6.45, 7) is -0.0921. The van der Waals surface area contributed by atoms with Gasteiger partial charge in [0.25, 0.3) is 15.9 Å². The van der Waals surface area contributed by atoms with Gasteiger partial charge < -0.3 is 15.0 Å². The van der Waals surface area contributed by atoms with E-state index in [9.17, 15) is 17.6 Å². The fraction of sp³-hybridized carbons (Fsp3) is 0.188. The summed E-state index contributed by atoms with van der Waals surface area (Å²) < 4.78 is 47.7. The summed E-state index contributed by atoms with van der Waals surface area (Å²) in [4.78, 5) is 11.7. The second kappa shape index (κ2) is 6.71. The maximum Gasteiger partial charge on any atom is 0.273 e. The molecule has 0 saturated carbocycles. The molecule has 0 fully saturated rings. The van der Waals surface area contributed by atoms with Crippen molar-refractivity contribution in [3.05, 3.63) is 47.2 Å². The molecule has 0 bridgehead atoms. The van der Waals surface area contributed by atoms with E-state index in [-0.39, 0.29) is 33.2 Å². The number of anilines is 1. The highest BCUT2D eigenvalue weighted by Crippen LogP contribution is 2.34. The number of hydrogen-bond acceptors (Lipinski definition) is 5. The third kappa shape index (κ3) is 2.85. The number of benzene rings is 1. The van der Waals surface area contributed by atoms with Crippen LogP contribution in [0.1, 0.15) is 10.5 Å². The Bertz CT molecular complexity index is 1070. The van der Waals surface area contributed by atoms with Gasteiger partial charge >= 0.3 is 0 Å². The molecule has 3 aromatic rings. The zero-order valence-corrected chi connectivity index (χ0v) is 15.6. The Hall–Kier alpha value is -2.43. The van der Waals surface area contributed by atoms with Crippen LogP contribution in [0.15, 0.2) is 39.9 Å². The number of carbonyl (C=O) groups excluding carboxylic acids is 1. The number of rotatable bonds is 6. The standard InChI is InChI=1S/C16H16FN3O4S2/c1-19(26(22,23)14-4-3-7-25-14)12-6-5-11(17)10-8-13(16(18)21)20(9-24-2)15(10)12/h3-8H,9H2,1-2H3,(H2,18,21). The Labute approximate surface area is 153 Å². The van der Waals surface area contributed by atoms with Crippen LogP contribution in [-0.2, 0) is 21.5 Å². The lowest BCUT2D eigenvalue weighted by molar-refractivity contribution is 0.0961. The molecule has 1 amide bonds. The van der Waals surface area contributed by atoms with Gasteiger partial charge in [0, 0.05) is 19.5 Å². The van der Waals surface area contributed by atoms with Crippen LogP contribution < -0.4 is 10.0 Å². The minimum absolute atomic E-state index is 0.0233. The number of aromatic nitrogens is 1. The van der Waals surface area contributed by atoms with Gasteiger partial charge in [-0.15, -0.1) is 11.3 Å². The van der Waals surface area contributed by atoms with E-state index in [4.69, 9.17) is 10.5 Å². The Kier molecular flexibility index (Phi) is 4.74. The SMILES string of the molecule is COCn1c(C(N)=O)cc2c(F)ccc(N(C)S(=O)(=O)c3cccs3)c21. The molecular formula is C16H16FN3O4S2. The van der Waals surface area contributed by atoms with Gasteiger partial charge in [0.15, 0.2) is 0 Å². The topological polar surface area (TPSA) is 94.6 Å². The number of thiophene rings is 1. The summed E-state index contributed by atoms with van der Waals surface area (Å²) in [6, 6.07) is 6.91. The van der Waals surface area contributed by atoms with Crippen LogP contribution in [0.3, 0.4) is 0 Å². The Balaban J connectivity index is 2.30. The number of methoxy groups -OCH3 is 1. The molecule has 10 heteroatoms. The monoisotopic (exact) mass is 397 g/mol. The first kappa shape index (κ1) is 18.4. The quantitative estimate of drug-likeness (QED) is 0.691. The van der Waals surface area contributed by atoms with Crippen molar-refractivity contribution in [2.45, 2.75) is 10.9 Å². The normalized spacial score (nSPS) is 11.8. The van der Waals surface area contributed by atoms with Gasteiger partial charge in [-0.05, 0) is 29.6 Å². The first-order valence-corrected chi connectivity index (χ1v) is 9.74. The summed E-state index contributed by atoms with van der Waals surface area (Å²) in [5, 5.41) is 1.74. The fourth-order valence-electron chi connectivity index (χ4n) is 2.72. The summed E-state index contributed by atoms with van der Waals surface area (Å²) in [5.41, 5.74) is 5.82. The van der Waals surface area contributed by atoms with Crippen LogP contribution in [0.4, 0.5) is 10.1 Å². The minimum Gasteiger partial charge on any atom is -0.364 e. The molecule has 0 aliphatic rings. The van der Waals surface area contributed by atoms with Crippen LogP contribution in [0, 0.1) is 5.82 Å². The van der Waals surface area contributed by atoms with Crippen LogP contribution in [0.5, 0.6) is 0 Å². The number of nitrogens with zero attached hydrogens (tertiary/aromatic N) is 2. The molecule has 0 unspecified atom stereocenters. The van der Waals surface area contributed by atoms with E-state index in [0.29, 0.717) is 0 Å². The summed E-state index contributed by atoms with van der Waals surface area (Å²) >= 11 is 1.08. The minimum atomic E-state index is -3.84. The number of halogens is 1. The second-order valence-corrected chi connectivity index (χ2v) is 8.62. The molecule has 3 rings (SSSR count). The van der Waals surface area contributed by atoms with E-state index in [0.717, 1.165) is 21.7 Å². The van der Waals surface area contributed by atoms with Crippen molar-refractivity contribution < 1.29 is 22.3 Å². The number of fused-ring (bicyclic) bond motifs is 1. The number of ether oxygens (including phenoxy) is 1. The molecule has 0 saturated heterocycles. The number of hydrogen-bond donors (Lipinski definition) is 1. The highest BCUT2D eigenvalue weighted by molar-refractivity contribution is 7.94. The van der Waals surface area contributed by atoms with Gasteiger partial charge in [-0.2, -0.15) is 0 Å². The van der Waals surface area contributed by atoms with Crippen LogP contribution in [-0.4, -0.2) is 33.0 Å². The predicted molar refractivity (Wildman–Crippen MR) is 97.3 cm³/mol. The van der Waals surface area contributed by atoms with Crippen molar-refractivity contribution in [1.82, 2.24) is 4.57 Å². The molecule has 7 nitrogen and oxygen atoms in total. The lowest BCUT2D eigenvalue weighted by atomic mass is 10.2. The van der Waals surface area contributed by atoms with E-state index >= 15 is 0 Å². The van der Waals surface area contributed by atoms with Crippen molar-refractivity contribution >= 4 is 43.9 Å². The molecule has 1 aromatic carbocycles. The van der Waals surface area contributed by atoms with Crippen molar-refractivity contribution in [2.24, 2.45) is 5.73 Å². The second-order valence-electron chi connectivity index (χ2n) is 5.47. The molecule has 2 heterocycles. The number of primary amides is 1. The third-order valence-corrected chi connectivity index (χ3v) is 7.09. The van der Waals surface area contributed by atoms with Gasteiger partial charge in [-0.25, -0.2) is 12.8 Å². The van der Waals surface area contributed by atoms with Crippen molar-refractivity contribution in [3.8, 4) is 0 Å². The predicted octanol–water partition coefficient (Wildman–Crippen LogP) is 2.37. The zero-order valence-electron chi connectivity index (χ0n) is 14.0. The lowest BCUT2D eigenvalue weighted by Crippen LogP contribution is -2.27. The molecule has 0 atom stereocenters. The van der Waals surface area contributed by atoms with Gasteiger partial charge in [0.05, 0.1) is 11.2 Å². The first-order chi connectivity index (χ1) is 12.3. The number of sulfonamides is 1. The van der Waals surface area contributed by atoms with Gasteiger partial charge in [-0.3, -0.25) is 9.10 Å². The maximum absolute atomic E-state index is 14.3. The van der Waals surface area contributed by atoms with Gasteiger partial charge in [-0.1, -0.05) is 6.07 Å². The van der Waals surface area contributed by atoms with Crippen LogP contribution >= 0.6 is 11.3 Å². The lowest BCUT2D eigenvalue weighted by Gasteiger charge is -2.21. The number of amides is 1. The Morgan fingerprint density at radius 2 is 2.12 bits per heavy atom. The van der Waals surface area contributed by atoms with E-state index in [1.54, 1.807) is 11.4 Å². The maximum atomic E-state index is 14.3. The molecule has 2 aromatic heterocycles. The highest BCUT2D eigenvalue weighted by atomic mass is 32.2. The Morgan fingerprint density at radius 1 is 1.38 bits per heavy atom. The highest BCUT2D eigenvalue weighted by Gasteiger charge is 2.27. The molecule has 0 aliphatic carbocycles. The largest absolute Gasteiger partial charge is 0.364 e. The third-order valence-electron chi connectivity index (χ3n) is 3.94. The summed E-state index contributed by atoms with van der Waals surface area (Å²) in [6.07, 6.45) is 0. The fourth-order valence-corrected chi connectivity index (χ4v) is 5.09. The molecule has 2 N–H and O–H groups in total. The van der Waals surface area contributed by atoms with Crippen molar-refractivity contribution in [1.29, 1.82) is 0 Å². The van der Waals surface area contributed by atoms with Gasteiger partial charge in [0.2, 0.25) is 0 Å².